The van der Waals surface area contributed by atoms with E-state index in [0.29, 0.717) is 23.9 Å². The fourth-order valence-corrected chi connectivity index (χ4v) is 4.57. The molecule has 1 amide bonds. The van der Waals surface area contributed by atoms with Crippen LogP contribution in [0.1, 0.15) is 54.1 Å². The molecule has 2 fully saturated rings. The minimum atomic E-state index is -0.0999. The molecule has 0 spiro atoms. The number of hydrogen-bond donors (Lipinski definition) is 2. The first-order valence-corrected chi connectivity index (χ1v) is 12.3. The van der Waals surface area contributed by atoms with Crippen LogP contribution in [-0.4, -0.2) is 58.0 Å². The van der Waals surface area contributed by atoms with E-state index < -0.39 is 0 Å². The predicted octanol–water partition coefficient (Wildman–Crippen LogP) is 2.66. The maximum Gasteiger partial charge on any atom is 0.270 e. The van der Waals surface area contributed by atoms with Crippen LogP contribution < -0.4 is 15.8 Å². The van der Waals surface area contributed by atoms with Crippen molar-refractivity contribution < 1.29 is 4.79 Å². The highest BCUT2D eigenvalue weighted by Crippen LogP contribution is 2.24. The zero-order valence-corrected chi connectivity index (χ0v) is 19.9. The van der Waals surface area contributed by atoms with Gasteiger partial charge in [0.1, 0.15) is 11.4 Å². The lowest BCUT2D eigenvalue weighted by molar-refractivity contribution is 0.0946. The number of pyridine rings is 1. The molecule has 1 saturated heterocycles. The average Bonchev–Trinajstić information content (AvgIpc) is 3.67. The molecule has 0 atom stereocenters. The molecule has 34 heavy (non-hydrogen) atoms. The van der Waals surface area contributed by atoms with Crippen molar-refractivity contribution in [3.05, 3.63) is 63.3 Å². The molecule has 2 aliphatic rings. The molecule has 3 aromatic rings. The number of aromatic nitrogens is 3. The van der Waals surface area contributed by atoms with Crippen LogP contribution in [0.4, 0.5) is 5.69 Å². The second kappa shape index (κ2) is 9.54. The molecule has 8 heteroatoms. The lowest BCUT2D eigenvalue weighted by Crippen LogP contribution is -2.46. The number of carbonyl (C=O) groups excluding carboxylic acids is 1. The number of nitrogens with one attached hydrogen (secondary N) is 2. The Morgan fingerprint density at radius 2 is 1.79 bits per heavy atom. The summed E-state index contributed by atoms with van der Waals surface area (Å²) in [6, 6.07) is 10.4. The van der Waals surface area contributed by atoms with Gasteiger partial charge in [0, 0.05) is 38.8 Å². The molecule has 2 aromatic heterocycles. The van der Waals surface area contributed by atoms with Gasteiger partial charge in [-0.2, -0.15) is 0 Å². The number of fused-ring (bicyclic) bond motifs is 1. The minimum Gasteiger partial charge on any atom is -0.367 e. The van der Waals surface area contributed by atoms with Crippen LogP contribution in [0.2, 0.25) is 0 Å². The molecule has 3 heterocycles. The second-order valence-electron chi connectivity index (χ2n) is 9.24. The highest BCUT2D eigenvalue weighted by atomic mass is 16.2. The molecule has 8 nitrogen and oxygen atoms in total. The number of carbonyl (C=O) groups is 1. The summed E-state index contributed by atoms with van der Waals surface area (Å²) < 4.78 is 0. The van der Waals surface area contributed by atoms with Crippen LogP contribution in [0.15, 0.2) is 35.1 Å². The summed E-state index contributed by atoms with van der Waals surface area (Å²) in [4.78, 5) is 41.5. The van der Waals surface area contributed by atoms with Crippen molar-refractivity contribution >= 4 is 22.6 Å². The van der Waals surface area contributed by atoms with Crippen LogP contribution in [-0.2, 0) is 19.4 Å². The van der Waals surface area contributed by atoms with Crippen LogP contribution >= 0.6 is 0 Å². The van der Waals surface area contributed by atoms with Gasteiger partial charge < -0.3 is 15.2 Å². The molecule has 2 N–H and O–H groups in total. The molecule has 1 aliphatic carbocycles. The van der Waals surface area contributed by atoms with Crippen molar-refractivity contribution in [1.29, 1.82) is 0 Å². The number of rotatable bonds is 7. The van der Waals surface area contributed by atoms with Gasteiger partial charge in [0.2, 0.25) is 0 Å². The first kappa shape index (κ1) is 22.5. The van der Waals surface area contributed by atoms with E-state index in [9.17, 15) is 9.59 Å². The Morgan fingerprint density at radius 1 is 1.03 bits per heavy atom. The number of piperazine rings is 1. The van der Waals surface area contributed by atoms with Gasteiger partial charge in [-0.15, -0.1) is 0 Å². The van der Waals surface area contributed by atoms with Gasteiger partial charge in [-0.05, 0) is 55.5 Å². The molecule has 5 rings (SSSR count). The van der Waals surface area contributed by atoms with E-state index in [4.69, 9.17) is 0 Å². The van der Waals surface area contributed by atoms with Gasteiger partial charge in [-0.25, -0.2) is 9.97 Å². The van der Waals surface area contributed by atoms with E-state index in [1.165, 1.54) is 5.56 Å². The summed E-state index contributed by atoms with van der Waals surface area (Å²) in [5.74, 6) is -0.0635. The molecule has 0 bridgehead atoms. The van der Waals surface area contributed by atoms with E-state index in [1.54, 1.807) is 0 Å². The first-order valence-electron chi connectivity index (χ1n) is 12.3. The van der Waals surface area contributed by atoms with Crippen LogP contribution in [0.3, 0.4) is 0 Å². The Hall–Kier alpha value is -3.26. The standard InChI is InChI=1S/C26H32N6O2/c1-3-19-24(10-9-22(28-19)26(34)27-18-6-7-18)32-13-11-31(12-14-32)16-17-5-8-21-23(15-17)30-25(33)20(4-2)29-21/h5,8-10,15,18H,3-4,6-7,11-14,16H2,1-2H3,(H,27,34)(H,30,33). The largest absolute Gasteiger partial charge is 0.367 e. The maximum atomic E-state index is 12.4. The molecule has 1 saturated carbocycles. The number of H-pyrrole nitrogens is 1. The molecular formula is C26H32N6O2. The molecule has 1 aliphatic heterocycles. The third-order valence-electron chi connectivity index (χ3n) is 6.71. The Bertz CT molecular complexity index is 1260. The van der Waals surface area contributed by atoms with Crippen molar-refractivity contribution in [3.8, 4) is 0 Å². The summed E-state index contributed by atoms with van der Waals surface area (Å²) in [6.07, 6.45) is 3.57. The van der Waals surface area contributed by atoms with Crippen molar-refractivity contribution in [2.24, 2.45) is 0 Å². The van der Waals surface area contributed by atoms with E-state index in [-0.39, 0.29) is 11.5 Å². The number of aromatic amines is 1. The van der Waals surface area contributed by atoms with E-state index in [1.807, 2.05) is 25.1 Å². The number of hydrogen-bond acceptors (Lipinski definition) is 6. The summed E-state index contributed by atoms with van der Waals surface area (Å²) in [5.41, 5.74) is 5.90. The highest BCUT2D eigenvalue weighted by Gasteiger charge is 2.25. The summed E-state index contributed by atoms with van der Waals surface area (Å²) >= 11 is 0. The number of benzene rings is 1. The fourth-order valence-electron chi connectivity index (χ4n) is 4.57. The van der Waals surface area contributed by atoms with Gasteiger partial charge in [-0.1, -0.05) is 19.9 Å². The van der Waals surface area contributed by atoms with Gasteiger partial charge in [0.05, 0.1) is 22.4 Å². The summed E-state index contributed by atoms with van der Waals surface area (Å²) in [5, 5.41) is 3.02. The lowest BCUT2D eigenvalue weighted by atomic mass is 10.1. The molecule has 178 valence electrons. The van der Waals surface area contributed by atoms with Crippen molar-refractivity contribution in [3.63, 3.8) is 0 Å². The van der Waals surface area contributed by atoms with Crippen LogP contribution in [0.5, 0.6) is 0 Å². The van der Waals surface area contributed by atoms with Gasteiger partial charge in [0.25, 0.3) is 11.5 Å². The monoisotopic (exact) mass is 460 g/mol. The minimum absolute atomic E-state index is 0.0635. The topological polar surface area (TPSA) is 94.2 Å². The third-order valence-corrected chi connectivity index (χ3v) is 6.71. The summed E-state index contributed by atoms with van der Waals surface area (Å²) in [6.45, 7) is 8.57. The average molecular weight is 461 g/mol. The Morgan fingerprint density at radius 3 is 2.50 bits per heavy atom. The SMILES string of the molecule is CCc1nc(C(=O)NC2CC2)ccc1N1CCN(Cc2ccc3nc(CC)c(=O)[nH]c3c2)CC1. The number of aryl methyl sites for hydroxylation is 2. The molecule has 0 unspecified atom stereocenters. The lowest BCUT2D eigenvalue weighted by Gasteiger charge is -2.36. The van der Waals surface area contributed by atoms with E-state index in [0.717, 1.165) is 74.4 Å². The van der Waals surface area contributed by atoms with Crippen molar-refractivity contribution in [2.75, 3.05) is 31.1 Å². The molecule has 1 aromatic carbocycles. The number of amides is 1. The van der Waals surface area contributed by atoms with Gasteiger partial charge in [0.15, 0.2) is 0 Å². The third kappa shape index (κ3) is 4.82. The van der Waals surface area contributed by atoms with Crippen LogP contribution in [0, 0.1) is 0 Å². The maximum absolute atomic E-state index is 12.4. The smallest absolute Gasteiger partial charge is 0.270 e. The molecular weight excluding hydrogens is 428 g/mol. The quantitative estimate of drug-likeness (QED) is 0.563. The van der Waals surface area contributed by atoms with Crippen LogP contribution in [0.25, 0.3) is 11.0 Å². The first-order chi connectivity index (χ1) is 16.5. The van der Waals surface area contributed by atoms with Crippen molar-refractivity contribution in [1.82, 2.24) is 25.2 Å². The van der Waals surface area contributed by atoms with Gasteiger partial charge >= 0.3 is 0 Å². The summed E-state index contributed by atoms with van der Waals surface area (Å²) in [7, 11) is 0. The van der Waals surface area contributed by atoms with Crippen molar-refractivity contribution in [2.45, 2.75) is 52.1 Å². The van der Waals surface area contributed by atoms with E-state index in [2.05, 4.69) is 49.1 Å². The van der Waals surface area contributed by atoms with Gasteiger partial charge in [-0.3, -0.25) is 14.5 Å². The Balaban J connectivity index is 1.23. The number of anilines is 1. The normalized spacial score (nSPS) is 16.7. The zero-order chi connectivity index (χ0) is 23.7. The zero-order valence-electron chi connectivity index (χ0n) is 19.9. The Labute approximate surface area is 199 Å². The number of nitrogens with zero attached hydrogens (tertiary/aromatic N) is 4. The fraction of sp³-hybridized carbons (Fsp3) is 0.462. The second-order valence-corrected chi connectivity index (χ2v) is 9.24. The predicted molar refractivity (Wildman–Crippen MR) is 133 cm³/mol. The highest BCUT2D eigenvalue weighted by molar-refractivity contribution is 5.93. The Kier molecular flexibility index (Phi) is 6.32. The molecule has 0 radical (unpaired) electrons. The van der Waals surface area contributed by atoms with E-state index >= 15 is 0 Å².